The van der Waals surface area contributed by atoms with Crippen LogP contribution in [0.15, 0.2) is 0 Å². The van der Waals surface area contributed by atoms with Crippen LogP contribution >= 0.6 is 0 Å². The van der Waals surface area contributed by atoms with Gasteiger partial charge in [0.15, 0.2) is 0 Å². The molecule has 1 heterocycles. The zero-order chi connectivity index (χ0) is 12.1. The Morgan fingerprint density at radius 3 is 2.12 bits per heavy atom. The fourth-order valence-corrected chi connectivity index (χ4v) is 1.98. The number of hydrogen-bond donors (Lipinski definition) is 4. The first-order valence-corrected chi connectivity index (χ1v) is 4.78. The Hall–Kier alpha value is -0.360. The van der Waals surface area contributed by atoms with Crippen LogP contribution < -0.4 is 23.6 Å². The van der Waals surface area contributed by atoms with Crippen LogP contribution in [-0.2, 0) is 19.4 Å². The van der Waals surface area contributed by atoms with E-state index in [9.17, 15) is 0 Å². The third-order valence-electron chi connectivity index (χ3n) is 2.86. The van der Waals surface area contributed by atoms with Crippen molar-refractivity contribution in [2.75, 3.05) is 20.2 Å². The van der Waals surface area contributed by atoms with Gasteiger partial charge < -0.3 is 4.84 Å². The van der Waals surface area contributed by atoms with E-state index in [1.54, 1.807) is 0 Å². The first kappa shape index (κ1) is 13.7. The molecule has 16 heavy (non-hydrogen) atoms. The summed E-state index contributed by atoms with van der Waals surface area (Å²) in [6.07, 6.45) is -1.55. The van der Waals surface area contributed by atoms with E-state index in [1.807, 2.05) is 11.9 Å². The Morgan fingerprint density at radius 1 is 1.06 bits per heavy atom. The largest absolute Gasteiger partial charge is 0.303 e. The molecule has 96 valence electrons. The summed E-state index contributed by atoms with van der Waals surface area (Å²) in [5.41, 5.74) is 0. The molecule has 0 spiro atoms. The molecule has 1 aliphatic rings. The van der Waals surface area contributed by atoms with Gasteiger partial charge in [0.05, 0.1) is 12.6 Å². The summed E-state index contributed by atoms with van der Waals surface area (Å²) in [4.78, 5) is 20.9. The van der Waals surface area contributed by atoms with Crippen molar-refractivity contribution in [2.45, 2.75) is 24.4 Å². The summed E-state index contributed by atoms with van der Waals surface area (Å²) in [6.45, 7) is 0.738. The SMILES string of the molecule is CN1C[C@H](ON)[C@@H](ON)[C@H](ON)[C@H]1CON. The van der Waals surface area contributed by atoms with Gasteiger partial charge in [0.2, 0.25) is 0 Å². The fourth-order valence-electron chi connectivity index (χ4n) is 1.98. The van der Waals surface area contributed by atoms with Crippen LogP contribution in [0, 0.1) is 0 Å². The molecule has 0 aliphatic carbocycles. The maximum Gasteiger partial charge on any atom is 0.138 e. The van der Waals surface area contributed by atoms with E-state index in [4.69, 9.17) is 38.1 Å². The van der Waals surface area contributed by atoms with Gasteiger partial charge in [-0.15, -0.1) is 0 Å². The minimum Gasteiger partial charge on any atom is -0.303 e. The van der Waals surface area contributed by atoms with Gasteiger partial charge in [0.1, 0.15) is 18.3 Å². The highest BCUT2D eigenvalue weighted by molar-refractivity contribution is 4.95. The van der Waals surface area contributed by atoms with Crippen LogP contribution in [0.2, 0.25) is 0 Å². The van der Waals surface area contributed by atoms with Crippen LogP contribution in [0.25, 0.3) is 0 Å². The maximum absolute atomic E-state index is 5.21. The Labute approximate surface area is 93.3 Å². The zero-order valence-electron chi connectivity index (χ0n) is 9.11. The second kappa shape index (κ2) is 6.39. The molecule has 1 saturated heterocycles. The number of likely N-dealkylation sites (N-methyl/N-ethyl adjacent to an activating group) is 1. The van der Waals surface area contributed by atoms with E-state index in [2.05, 4.69) is 4.84 Å². The molecule has 0 saturated carbocycles. The first-order valence-electron chi connectivity index (χ1n) is 4.78. The molecular formula is C7H19N5O4. The number of rotatable bonds is 5. The van der Waals surface area contributed by atoms with E-state index in [-0.39, 0.29) is 12.6 Å². The minimum atomic E-state index is -0.577. The summed E-state index contributed by atoms with van der Waals surface area (Å²) >= 11 is 0. The lowest BCUT2D eigenvalue weighted by Crippen LogP contribution is -2.65. The highest BCUT2D eigenvalue weighted by atomic mass is 16.7. The van der Waals surface area contributed by atoms with Crippen LogP contribution in [0.5, 0.6) is 0 Å². The summed E-state index contributed by atoms with van der Waals surface area (Å²) in [7, 11) is 1.84. The molecule has 0 aromatic carbocycles. The van der Waals surface area contributed by atoms with Crippen LogP contribution in [-0.4, -0.2) is 49.5 Å². The third kappa shape index (κ3) is 2.66. The molecule has 4 atom stereocenters. The van der Waals surface area contributed by atoms with Gasteiger partial charge in [-0.2, -0.15) is 0 Å². The molecule has 0 bridgehead atoms. The molecule has 8 N–H and O–H groups in total. The van der Waals surface area contributed by atoms with Crippen molar-refractivity contribution in [1.29, 1.82) is 0 Å². The fraction of sp³-hybridized carbons (Fsp3) is 1.00. The number of piperidine rings is 1. The lowest BCUT2D eigenvalue weighted by atomic mass is 9.94. The number of nitrogens with two attached hydrogens (primary N) is 4. The monoisotopic (exact) mass is 237 g/mol. The second-order valence-electron chi connectivity index (χ2n) is 3.72. The van der Waals surface area contributed by atoms with E-state index < -0.39 is 18.3 Å². The number of hydrogen-bond acceptors (Lipinski definition) is 9. The van der Waals surface area contributed by atoms with Gasteiger partial charge in [0.25, 0.3) is 0 Å². The van der Waals surface area contributed by atoms with Gasteiger partial charge in [-0.3, -0.25) is 19.4 Å². The highest BCUT2D eigenvalue weighted by Gasteiger charge is 2.44. The Kier molecular flexibility index (Phi) is 5.48. The second-order valence-corrected chi connectivity index (χ2v) is 3.72. The van der Waals surface area contributed by atoms with Crippen molar-refractivity contribution >= 4 is 0 Å². The molecule has 1 aliphatic heterocycles. The van der Waals surface area contributed by atoms with Gasteiger partial charge >= 0.3 is 0 Å². The van der Waals surface area contributed by atoms with Crippen molar-refractivity contribution in [1.82, 2.24) is 4.90 Å². The molecule has 0 amide bonds. The minimum absolute atomic E-state index is 0.185. The summed E-state index contributed by atoms with van der Waals surface area (Å²) < 4.78 is 0. The van der Waals surface area contributed by atoms with Crippen molar-refractivity contribution in [2.24, 2.45) is 23.6 Å². The van der Waals surface area contributed by atoms with Crippen LogP contribution in [0.4, 0.5) is 0 Å². The van der Waals surface area contributed by atoms with E-state index in [0.29, 0.717) is 6.54 Å². The number of likely N-dealkylation sites (tertiary alicyclic amines) is 1. The molecule has 1 fully saturated rings. The molecule has 1 rings (SSSR count). The van der Waals surface area contributed by atoms with Crippen molar-refractivity contribution in [3.05, 3.63) is 0 Å². The summed E-state index contributed by atoms with van der Waals surface area (Å²) in [5, 5.41) is 0. The van der Waals surface area contributed by atoms with E-state index >= 15 is 0 Å². The average Bonchev–Trinajstić information content (AvgIpc) is 2.30. The maximum atomic E-state index is 5.21. The quantitative estimate of drug-likeness (QED) is 0.367. The molecule has 0 aromatic heterocycles. The molecule has 0 radical (unpaired) electrons. The standard InChI is InChI=1S/C7H19N5O4/c1-12-2-5(14-9)7(16-11)6(15-10)4(12)3-13-8/h4-7H,2-3,8-11H2,1H3/t4-,5+,6-,7-/m1/s1. The first-order chi connectivity index (χ1) is 7.69. The number of nitrogens with zero attached hydrogens (tertiary/aromatic N) is 1. The molecular weight excluding hydrogens is 218 g/mol. The van der Waals surface area contributed by atoms with Gasteiger partial charge in [0, 0.05) is 6.54 Å². The predicted molar refractivity (Wildman–Crippen MR) is 53.7 cm³/mol. The van der Waals surface area contributed by atoms with E-state index in [0.717, 1.165) is 0 Å². The summed E-state index contributed by atoms with van der Waals surface area (Å²) in [5.74, 6) is 20.6. The molecule has 9 nitrogen and oxygen atoms in total. The Balaban J connectivity index is 2.79. The van der Waals surface area contributed by atoms with Crippen molar-refractivity contribution in [3.8, 4) is 0 Å². The smallest absolute Gasteiger partial charge is 0.138 e. The van der Waals surface area contributed by atoms with Gasteiger partial charge in [-0.05, 0) is 7.05 Å². The summed E-state index contributed by atoms with van der Waals surface area (Å²) in [6, 6.07) is -0.185. The Bertz CT molecular complexity index is 207. The van der Waals surface area contributed by atoms with Crippen LogP contribution in [0.3, 0.4) is 0 Å². The molecule has 0 aromatic rings. The predicted octanol–water partition coefficient (Wildman–Crippen LogP) is -3.03. The molecule has 9 heteroatoms. The van der Waals surface area contributed by atoms with E-state index in [1.165, 1.54) is 0 Å². The lowest BCUT2D eigenvalue weighted by molar-refractivity contribution is -0.201. The topological polar surface area (TPSA) is 144 Å². The average molecular weight is 237 g/mol. The molecule has 0 unspecified atom stereocenters. The van der Waals surface area contributed by atoms with Crippen molar-refractivity contribution < 1.29 is 19.4 Å². The lowest BCUT2D eigenvalue weighted by Gasteiger charge is -2.44. The highest BCUT2D eigenvalue weighted by Crippen LogP contribution is 2.22. The zero-order valence-corrected chi connectivity index (χ0v) is 9.11. The van der Waals surface area contributed by atoms with Gasteiger partial charge in [-0.25, -0.2) is 23.6 Å². The van der Waals surface area contributed by atoms with Crippen molar-refractivity contribution in [3.63, 3.8) is 0 Å². The van der Waals surface area contributed by atoms with Crippen LogP contribution in [0.1, 0.15) is 0 Å². The Morgan fingerprint density at radius 2 is 1.69 bits per heavy atom. The normalized spacial score (nSPS) is 36.6. The third-order valence-corrected chi connectivity index (χ3v) is 2.86. The van der Waals surface area contributed by atoms with Gasteiger partial charge in [-0.1, -0.05) is 0 Å².